The van der Waals surface area contributed by atoms with Crippen LogP contribution in [0.4, 0.5) is 0 Å². The Morgan fingerprint density at radius 1 is 0.955 bits per heavy atom. The minimum absolute atomic E-state index is 0.0531. The summed E-state index contributed by atoms with van der Waals surface area (Å²) in [5.74, 6) is 0.0531. The van der Waals surface area contributed by atoms with E-state index in [1.165, 1.54) is 11.1 Å². The molecule has 22 heavy (non-hydrogen) atoms. The highest BCUT2D eigenvalue weighted by molar-refractivity contribution is 6.07. The first-order valence-corrected chi connectivity index (χ1v) is 7.67. The van der Waals surface area contributed by atoms with Gasteiger partial charge in [0.1, 0.15) is 0 Å². The summed E-state index contributed by atoms with van der Waals surface area (Å²) in [6, 6.07) is 14.3. The molecule has 0 amide bonds. The van der Waals surface area contributed by atoms with E-state index in [0.29, 0.717) is 0 Å². The van der Waals surface area contributed by atoms with Crippen molar-refractivity contribution in [3.63, 3.8) is 0 Å². The number of carbonyl (C=O) groups excluding carboxylic acids is 1. The first kappa shape index (κ1) is 16.2. The molecule has 0 bridgehead atoms. The lowest BCUT2D eigenvalue weighted by Gasteiger charge is -2.18. The Balaban J connectivity index is 2.16. The fourth-order valence-corrected chi connectivity index (χ4v) is 2.45. The van der Waals surface area contributed by atoms with Gasteiger partial charge in [-0.2, -0.15) is 0 Å². The van der Waals surface area contributed by atoms with Crippen LogP contribution in [0.15, 0.2) is 48.5 Å². The second-order valence-electron chi connectivity index (χ2n) is 6.89. The number of ketones is 1. The van der Waals surface area contributed by atoms with Crippen molar-refractivity contribution in [1.82, 2.24) is 0 Å². The molecule has 0 unspecified atom stereocenters. The Labute approximate surface area is 133 Å². The quantitative estimate of drug-likeness (QED) is 0.539. The molecule has 2 rings (SSSR count). The van der Waals surface area contributed by atoms with Gasteiger partial charge in [0.25, 0.3) is 0 Å². The highest BCUT2D eigenvalue weighted by Crippen LogP contribution is 2.22. The lowest BCUT2D eigenvalue weighted by molar-refractivity contribution is 0.104. The Bertz CT molecular complexity index is 698. The van der Waals surface area contributed by atoms with Crippen molar-refractivity contribution in [3.8, 4) is 0 Å². The van der Waals surface area contributed by atoms with Crippen molar-refractivity contribution < 1.29 is 4.79 Å². The van der Waals surface area contributed by atoms with Crippen LogP contribution in [0.5, 0.6) is 0 Å². The van der Waals surface area contributed by atoms with E-state index in [4.69, 9.17) is 0 Å². The molecule has 0 aliphatic heterocycles. The maximum absolute atomic E-state index is 12.3. The number of allylic oxidation sites excluding steroid dienone is 1. The van der Waals surface area contributed by atoms with Crippen LogP contribution in [0.2, 0.25) is 0 Å². The Hall–Kier alpha value is -2.15. The maximum atomic E-state index is 12.3. The Kier molecular flexibility index (Phi) is 4.65. The monoisotopic (exact) mass is 292 g/mol. The van der Waals surface area contributed by atoms with Crippen molar-refractivity contribution in [3.05, 3.63) is 76.4 Å². The van der Waals surface area contributed by atoms with Gasteiger partial charge in [-0.3, -0.25) is 4.79 Å². The highest BCUT2D eigenvalue weighted by atomic mass is 16.1. The summed E-state index contributed by atoms with van der Waals surface area (Å²) in [7, 11) is 0. The van der Waals surface area contributed by atoms with Crippen LogP contribution in [-0.4, -0.2) is 5.78 Å². The molecule has 0 spiro atoms. The highest BCUT2D eigenvalue weighted by Gasteiger charge is 2.12. The summed E-state index contributed by atoms with van der Waals surface area (Å²) < 4.78 is 0. The zero-order valence-corrected chi connectivity index (χ0v) is 14.1. The molecule has 0 N–H and O–H groups in total. The number of hydrogen-bond acceptors (Lipinski definition) is 1. The van der Waals surface area contributed by atoms with Crippen LogP contribution in [0, 0.1) is 13.8 Å². The Morgan fingerprint density at radius 3 is 2.14 bits per heavy atom. The van der Waals surface area contributed by atoms with E-state index >= 15 is 0 Å². The van der Waals surface area contributed by atoms with Gasteiger partial charge < -0.3 is 0 Å². The summed E-state index contributed by atoms with van der Waals surface area (Å²) in [4.78, 5) is 12.3. The smallest absolute Gasteiger partial charge is 0.186 e. The van der Waals surface area contributed by atoms with Crippen LogP contribution < -0.4 is 0 Å². The standard InChI is InChI=1S/C21H24O/c1-15-6-12-19(16(2)14-15)20(22)13-9-17-7-10-18(11-8-17)21(3,4)5/h6-14H,1-5H3/b13-9+. The molecule has 0 heterocycles. The largest absolute Gasteiger partial charge is 0.289 e. The predicted molar refractivity (Wildman–Crippen MR) is 94.4 cm³/mol. The summed E-state index contributed by atoms with van der Waals surface area (Å²) in [6.45, 7) is 10.6. The van der Waals surface area contributed by atoms with Gasteiger partial charge in [0.2, 0.25) is 0 Å². The number of hydrogen-bond donors (Lipinski definition) is 0. The predicted octanol–water partition coefficient (Wildman–Crippen LogP) is 5.50. The van der Waals surface area contributed by atoms with Gasteiger partial charge in [-0.1, -0.05) is 74.9 Å². The lowest BCUT2D eigenvalue weighted by Crippen LogP contribution is -2.10. The Morgan fingerprint density at radius 2 is 1.59 bits per heavy atom. The van der Waals surface area contributed by atoms with Crippen molar-refractivity contribution >= 4 is 11.9 Å². The van der Waals surface area contributed by atoms with Crippen LogP contribution in [0.1, 0.15) is 53.4 Å². The molecule has 0 radical (unpaired) electrons. The molecular weight excluding hydrogens is 268 g/mol. The average Bonchev–Trinajstić information content (AvgIpc) is 2.44. The van der Waals surface area contributed by atoms with E-state index < -0.39 is 0 Å². The normalized spacial score (nSPS) is 11.9. The third-order valence-electron chi connectivity index (χ3n) is 3.85. The molecule has 114 valence electrons. The minimum atomic E-state index is 0.0531. The number of rotatable bonds is 3. The fraction of sp³-hybridized carbons (Fsp3) is 0.286. The maximum Gasteiger partial charge on any atom is 0.186 e. The summed E-state index contributed by atoms with van der Waals surface area (Å²) in [5, 5.41) is 0. The van der Waals surface area contributed by atoms with Gasteiger partial charge in [0.15, 0.2) is 5.78 Å². The van der Waals surface area contributed by atoms with Crippen LogP contribution in [0.3, 0.4) is 0 Å². The third-order valence-corrected chi connectivity index (χ3v) is 3.85. The second-order valence-corrected chi connectivity index (χ2v) is 6.89. The van der Waals surface area contributed by atoms with E-state index in [1.807, 2.05) is 38.1 Å². The average molecular weight is 292 g/mol. The van der Waals surface area contributed by atoms with Gasteiger partial charge in [-0.05, 0) is 42.0 Å². The third kappa shape index (κ3) is 3.94. The molecule has 1 heteroatoms. The molecule has 2 aromatic carbocycles. The van der Waals surface area contributed by atoms with Gasteiger partial charge in [0.05, 0.1) is 0 Å². The van der Waals surface area contributed by atoms with Crippen molar-refractivity contribution in [2.24, 2.45) is 0 Å². The zero-order valence-electron chi connectivity index (χ0n) is 14.1. The van der Waals surface area contributed by atoms with E-state index in [0.717, 1.165) is 16.7 Å². The molecule has 0 aromatic heterocycles. The van der Waals surface area contributed by atoms with Crippen molar-refractivity contribution in [1.29, 1.82) is 0 Å². The van der Waals surface area contributed by atoms with Gasteiger partial charge in [-0.25, -0.2) is 0 Å². The van der Waals surface area contributed by atoms with Gasteiger partial charge in [0, 0.05) is 5.56 Å². The van der Waals surface area contributed by atoms with E-state index in [-0.39, 0.29) is 11.2 Å². The molecule has 0 saturated heterocycles. The molecule has 0 aliphatic rings. The summed E-state index contributed by atoms with van der Waals surface area (Å²) in [6.07, 6.45) is 3.54. The number of aryl methyl sites for hydroxylation is 2. The lowest BCUT2D eigenvalue weighted by atomic mass is 9.87. The van der Waals surface area contributed by atoms with E-state index in [2.05, 4.69) is 45.0 Å². The molecule has 0 fully saturated rings. The van der Waals surface area contributed by atoms with Crippen LogP contribution >= 0.6 is 0 Å². The topological polar surface area (TPSA) is 17.1 Å². The fourth-order valence-electron chi connectivity index (χ4n) is 2.45. The van der Waals surface area contributed by atoms with Crippen LogP contribution in [0.25, 0.3) is 6.08 Å². The minimum Gasteiger partial charge on any atom is -0.289 e. The zero-order chi connectivity index (χ0) is 16.3. The van der Waals surface area contributed by atoms with E-state index in [1.54, 1.807) is 6.08 Å². The molecular formula is C21H24O. The number of benzene rings is 2. The molecule has 0 atom stereocenters. The molecule has 1 nitrogen and oxygen atoms in total. The van der Waals surface area contributed by atoms with Gasteiger partial charge >= 0.3 is 0 Å². The van der Waals surface area contributed by atoms with Crippen molar-refractivity contribution in [2.75, 3.05) is 0 Å². The van der Waals surface area contributed by atoms with Crippen LogP contribution in [-0.2, 0) is 5.41 Å². The number of carbonyl (C=O) groups is 1. The second kappa shape index (κ2) is 6.31. The SMILES string of the molecule is Cc1ccc(C(=O)/C=C/c2ccc(C(C)(C)C)cc2)c(C)c1. The first-order chi connectivity index (χ1) is 10.3. The summed E-state index contributed by atoms with van der Waals surface area (Å²) >= 11 is 0. The van der Waals surface area contributed by atoms with Crippen molar-refractivity contribution in [2.45, 2.75) is 40.0 Å². The molecule has 0 aliphatic carbocycles. The molecule has 0 saturated carbocycles. The molecule has 2 aromatic rings. The van der Waals surface area contributed by atoms with E-state index in [9.17, 15) is 4.79 Å². The first-order valence-electron chi connectivity index (χ1n) is 7.67. The summed E-state index contributed by atoms with van der Waals surface area (Å²) in [5.41, 5.74) is 5.47. The van der Waals surface area contributed by atoms with Gasteiger partial charge in [-0.15, -0.1) is 0 Å².